The lowest BCUT2D eigenvalue weighted by molar-refractivity contribution is 0.911. The molecule has 1 aliphatic rings. The lowest BCUT2D eigenvalue weighted by Gasteiger charge is -2.08. The molecule has 0 radical (unpaired) electrons. The zero-order valence-electron chi connectivity index (χ0n) is 10.5. The number of fused-ring (bicyclic) bond motifs is 1. The minimum Gasteiger partial charge on any atom is -0.256 e. The van der Waals surface area contributed by atoms with Crippen LogP contribution < -0.4 is 0 Å². The van der Waals surface area contributed by atoms with Crippen molar-refractivity contribution in [3.63, 3.8) is 0 Å². The van der Waals surface area contributed by atoms with Gasteiger partial charge >= 0.3 is 0 Å². The van der Waals surface area contributed by atoms with E-state index in [4.69, 9.17) is 0 Å². The van der Waals surface area contributed by atoms with Gasteiger partial charge in [0.15, 0.2) is 0 Å². The van der Waals surface area contributed by atoms with Crippen LogP contribution in [0.3, 0.4) is 0 Å². The summed E-state index contributed by atoms with van der Waals surface area (Å²) in [4.78, 5) is 4.61. The van der Waals surface area contributed by atoms with Gasteiger partial charge in [-0.2, -0.15) is 0 Å². The third-order valence-electron chi connectivity index (χ3n) is 3.63. The van der Waals surface area contributed by atoms with Gasteiger partial charge in [-0.15, -0.1) is 0 Å². The molecule has 0 atom stereocenters. The van der Waals surface area contributed by atoms with Gasteiger partial charge in [-0.3, -0.25) is 4.98 Å². The van der Waals surface area contributed by atoms with E-state index in [1.54, 1.807) is 0 Å². The second-order valence-corrected chi connectivity index (χ2v) is 5.01. The molecule has 0 fully saturated rings. The van der Waals surface area contributed by atoms with Gasteiger partial charge in [0.1, 0.15) is 0 Å². The largest absolute Gasteiger partial charge is 0.256 e. The molecule has 1 aliphatic carbocycles. The summed E-state index contributed by atoms with van der Waals surface area (Å²) < 4.78 is 0. The van der Waals surface area contributed by atoms with Gasteiger partial charge in [0.25, 0.3) is 0 Å². The fraction of sp³-hybridized carbons (Fsp3) is 0.312. The maximum absolute atomic E-state index is 4.61. The van der Waals surface area contributed by atoms with Crippen LogP contribution in [0, 0.1) is 13.8 Å². The van der Waals surface area contributed by atoms with E-state index in [0.29, 0.717) is 0 Å². The van der Waals surface area contributed by atoms with Crippen LogP contribution in [0.15, 0.2) is 30.5 Å². The molecule has 0 amide bonds. The van der Waals surface area contributed by atoms with Crippen molar-refractivity contribution in [2.45, 2.75) is 33.1 Å². The summed E-state index contributed by atoms with van der Waals surface area (Å²) in [5, 5.41) is 0. The molecule has 2 aromatic rings. The summed E-state index contributed by atoms with van der Waals surface area (Å²) in [5.74, 6) is 0. The number of aromatic nitrogens is 1. The molecule has 1 heterocycles. The molecule has 0 saturated heterocycles. The van der Waals surface area contributed by atoms with Crippen molar-refractivity contribution in [2.24, 2.45) is 0 Å². The highest BCUT2D eigenvalue weighted by Gasteiger charge is 2.13. The zero-order valence-corrected chi connectivity index (χ0v) is 10.5. The molecule has 1 heteroatoms. The first-order valence-electron chi connectivity index (χ1n) is 6.29. The number of rotatable bonds is 1. The van der Waals surface area contributed by atoms with E-state index in [-0.39, 0.29) is 0 Å². The summed E-state index contributed by atoms with van der Waals surface area (Å²) in [6.45, 7) is 4.30. The van der Waals surface area contributed by atoms with E-state index in [0.717, 1.165) is 5.69 Å². The Morgan fingerprint density at radius 3 is 2.65 bits per heavy atom. The fourth-order valence-electron chi connectivity index (χ4n) is 2.70. The molecule has 0 spiro atoms. The maximum Gasteiger partial charge on any atom is 0.0707 e. The summed E-state index contributed by atoms with van der Waals surface area (Å²) in [5.41, 5.74) is 7.96. The summed E-state index contributed by atoms with van der Waals surface area (Å²) in [6.07, 6.45) is 5.77. The van der Waals surface area contributed by atoms with Gasteiger partial charge in [-0.25, -0.2) is 0 Å². The Bertz CT molecular complexity index is 570. The molecule has 0 unspecified atom stereocenters. The third-order valence-corrected chi connectivity index (χ3v) is 3.63. The highest BCUT2D eigenvalue weighted by molar-refractivity contribution is 5.65. The monoisotopic (exact) mass is 223 g/mol. The van der Waals surface area contributed by atoms with Crippen LogP contribution in [0.4, 0.5) is 0 Å². The van der Waals surface area contributed by atoms with E-state index in [1.165, 1.54) is 47.1 Å². The fourth-order valence-corrected chi connectivity index (χ4v) is 2.70. The molecule has 1 aromatic carbocycles. The van der Waals surface area contributed by atoms with Crippen molar-refractivity contribution in [1.29, 1.82) is 0 Å². The van der Waals surface area contributed by atoms with Gasteiger partial charge in [0.05, 0.1) is 5.69 Å². The molecule has 0 saturated carbocycles. The smallest absolute Gasteiger partial charge is 0.0707 e. The van der Waals surface area contributed by atoms with Crippen LogP contribution >= 0.6 is 0 Å². The lowest BCUT2D eigenvalue weighted by atomic mass is 10.0. The van der Waals surface area contributed by atoms with Crippen molar-refractivity contribution in [1.82, 2.24) is 4.98 Å². The first-order chi connectivity index (χ1) is 8.24. The highest BCUT2D eigenvalue weighted by atomic mass is 14.7. The topological polar surface area (TPSA) is 12.9 Å². The van der Waals surface area contributed by atoms with Crippen molar-refractivity contribution in [3.8, 4) is 11.3 Å². The van der Waals surface area contributed by atoms with Gasteiger partial charge < -0.3 is 0 Å². The van der Waals surface area contributed by atoms with Crippen LogP contribution in [0.2, 0.25) is 0 Å². The average Bonchev–Trinajstić information content (AvgIpc) is 2.75. The van der Waals surface area contributed by atoms with E-state index >= 15 is 0 Å². The van der Waals surface area contributed by atoms with Crippen LogP contribution in [0.25, 0.3) is 11.3 Å². The first kappa shape index (κ1) is 10.5. The molecular weight excluding hydrogens is 206 g/mol. The first-order valence-corrected chi connectivity index (χ1v) is 6.29. The Labute approximate surface area is 103 Å². The molecule has 3 rings (SSSR count). The number of pyridine rings is 1. The molecule has 1 aromatic heterocycles. The van der Waals surface area contributed by atoms with Crippen LogP contribution in [-0.4, -0.2) is 4.98 Å². The average molecular weight is 223 g/mol. The van der Waals surface area contributed by atoms with Gasteiger partial charge in [-0.1, -0.05) is 23.8 Å². The molecular formula is C16H17N. The van der Waals surface area contributed by atoms with E-state index in [9.17, 15) is 0 Å². The third kappa shape index (κ3) is 1.86. The predicted octanol–water partition coefficient (Wildman–Crippen LogP) is 3.85. The minimum absolute atomic E-state index is 1.13. The van der Waals surface area contributed by atoms with Crippen LogP contribution in [0.1, 0.15) is 28.7 Å². The van der Waals surface area contributed by atoms with Crippen LogP contribution in [0.5, 0.6) is 0 Å². The van der Waals surface area contributed by atoms with Gasteiger partial charge in [-0.05, 0) is 55.9 Å². The van der Waals surface area contributed by atoms with Gasteiger partial charge in [0.2, 0.25) is 0 Å². The normalized spacial score (nSPS) is 13.8. The molecule has 1 nitrogen and oxygen atoms in total. The number of hydrogen-bond donors (Lipinski definition) is 0. The Balaban J connectivity index is 2.09. The summed E-state index contributed by atoms with van der Waals surface area (Å²) >= 11 is 0. The van der Waals surface area contributed by atoms with E-state index in [1.807, 2.05) is 0 Å². The van der Waals surface area contributed by atoms with Gasteiger partial charge in [0, 0.05) is 11.8 Å². The number of aryl methyl sites for hydroxylation is 4. The van der Waals surface area contributed by atoms with Crippen molar-refractivity contribution in [3.05, 3.63) is 52.7 Å². The Kier molecular flexibility index (Phi) is 2.47. The SMILES string of the molecule is Cc1ccc(-c2cc3c(cn2)CCC3)c(C)c1. The summed E-state index contributed by atoms with van der Waals surface area (Å²) in [7, 11) is 0. The van der Waals surface area contributed by atoms with Crippen molar-refractivity contribution >= 4 is 0 Å². The number of nitrogens with zero attached hydrogens (tertiary/aromatic N) is 1. The van der Waals surface area contributed by atoms with Crippen molar-refractivity contribution in [2.75, 3.05) is 0 Å². The zero-order chi connectivity index (χ0) is 11.8. The lowest BCUT2D eigenvalue weighted by Crippen LogP contribution is -1.91. The molecule has 0 bridgehead atoms. The Morgan fingerprint density at radius 2 is 1.82 bits per heavy atom. The molecule has 0 aliphatic heterocycles. The summed E-state index contributed by atoms with van der Waals surface area (Å²) in [6, 6.07) is 8.86. The molecule has 0 N–H and O–H groups in total. The Morgan fingerprint density at radius 1 is 1.00 bits per heavy atom. The maximum atomic E-state index is 4.61. The quantitative estimate of drug-likeness (QED) is 0.715. The van der Waals surface area contributed by atoms with Crippen molar-refractivity contribution < 1.29 is 0 Å². The second kappa shape index (κ2) is 3.99. The predicted molar refractivity (Wildman–Crippen MR) is 71.2 cm³/mol. The number of benzene rings is 1. The Hall–Kier alpha value is -1.63. The van der Waals surface area contributed by atoms with E-state index in [2.05, 4.69) is 49.3 Å². The molecule has 86 valence electrons. The number of hydrogen-bond acceptors (Lipinski definition) is 1. The second-order valence-electron chi connectivity index (χ2n) is 5.01. The van der Waals surface area contributed by atoms with Crippen LogP contribution in [-0.2, 0) is 12.8 Å². The molecule has 17 heavy (non-hydrogen) atoms. The standard InChI is InChI=1S/C16H17N/c1-11-6-7-15(12(2)8-11)16-9-13-4-3-5-14(13)10-17-16/h6-10H,3-5H2,1-2H3. The minimum atomic E-state index is 1.13. The van der Waals surface area contributed by atoms with E-state index < -0.39 is 0 Å². The highest BCUT2D eigenvalue weighted by Crippen LogP contribution is 2.28.